The van der Waals surface area contributed by atoms with Gasteiger partial charge in [-0.3, -0.25) is 14.5 Å². The normalized spacial score (nSPS) is 10.5. The van der Waals surface area contributed by atoms with E-state index in [-0.39, 0.29) is 24.9 Å². The zero-order chi connectivity index (χ0) is 22.1. The molecule has 3 aromatic rings. The number of hydrogen-bond donors (Lipinski definition) is 2. The van der Waals surface area contributed by atoms with Crippen LogP contribution in [0, 0.1) is 0 Å². The number of ether oxygens (including phenoxy) is 1. The van der Waals surface area contributed by atoms with Gasteiger partial charge in [-0.1, -0.05) is 55.5 Å². The van der Waals surface area contributed by atoms with E-state index >= 15 is 0 Å². The summed E-state index contributed by atoms with van der Waals surface area (Å²) in [5, 5.41) is 5.78. The molecule has 0 saturated carbocycles. The van der Waals surface area contributed by atoms with E-state index in [1.54, 1.807) is 24.1 Å². The molecule has 0 bridgehead atoms. The Morgan fingerprint density at radius 1 is 0.774 bits per heavy atom. The van der Waals surface area contributed by atoms with Gasteiger partial charge in [-0.05, 0) is 49.4 Å². The van der Waals surface area contributed by atoms with Crippen LogP contribution in [0.25, 0.3) is 0 Å². The van der Waals surface area contributed by atoms with Crippen molar-refractivity contribution in [1.29, 1.82) is 0 Å². The molecule has 0 fully saturated rings. The summed E-state index contributed by atoms with van der Waals surface area (Å²) in [5.74, 6) is 0.848. The monoisotopic (exact) mass is 417 g/mol. The minimum absolute atomic E-state index is 0.0719. The van der Waals surface area contributed by atoms with E-state index in [9.17, 15) is 9.59 Å². The summed E-state index contributed by atoms with van der Waals surface area (Å²) < 4.78 is 5.88. The molecule has 2 amide bonds. The molecule has 2 N–H and O–H groups in total. The van der Waals surface area contributed by atoms with E-state index in [2.05, 4.69) is 10.6 Å². The third-order valence-corrected chi connectivity index (χ3v) is 4.63. The molecule has 0 radical (unpaired) electrons. The molecule has 6 heteroatoms. The van der Waals surface area contributed by atoms with Gasteiger partial charge in [0.05, 0.1) is 18.8 Å². The predicted molar refractivity (Wildman–Crippen MR) is 124 cm³/mol. The first kappa shape index (κ1) is 22.1. The van der Waals surface area contributed by atoms with Gasteiger partial charge in [0.2, 0.25) is 11.8 Å². The molecule has 0 saturated heterocycles. The topological polar surface area (TPSA) is 70.7 Å². The smallest absolute Gasteiger partial charge is 0.238 e. The van der Waals surface area contributed by atoms with Crippen LogP contribution in [-0.2, 0) is 16.0 Å². The van der Waals surface area contributed by atoms with Gasteiger partial charge < -0.3 is 15.4 Å². The number of aryl methyl sites for hydroxylation is 1. The first-order chi connectivity index (χ1) is 15.0. The zero-order valence-corrected chi connectivity index (χ0v) is 17.8. The van der Waals surface area contributed by atoms with Crippen molar-refractivity contribution in [3.05, 3.63) is 84.4 Å². The number of anilines is 2. The van der Waals surface area contributed by atoms with E-state index in [1.165, 1.54) is 0 Å². The van der Waals surface area contributed by atoms with Crippen molar-refractivity contribution in [2.45, 2.75) is 13.3 Å². The van der Waals surface area contributed by atoms with Crippen LogP contribution >= 0.6 is 0 Å². The largest absolute Gasteiger partial charge is 0.455 e. The van der Waals surface area contributed by atoms with Gasteiger partial charge in [-0.25, -0.2) is 0 Å². The number of hydrogen-bond acceptors (Lipinski definition) is 4. The zero-order valence-electron chi connectivity index (χ0n) is 17.8. The van der Waals surface area contributed by atoms with Gasteiger partial charge in [0, 0.05) is 5.69 Å². The van der Waals surface area contributed by atoms with Crippen LogP contribution < -0.4 is 15.4 Å². The van der Waals surface area contributed by atoms with Gasteiger partial charge in [0.25, 0.3) is 0 Å². The highest BCUT2D eigenvalue weighted by molar-refractivity contribution is 5.95. The van der Waals surface area contributed by atoms with Gasteiger partial charge in [0.1, 0.15) is 5.75 Å². The van der Waals surface area contributed by atoms with E-state index < -0.39 is 0 Å². The minimum atomic E-state index is -0.228. The Morgan fingerprint density at radius 2 is 1.32 bits per heavy atom. The SMILES string of the molecule is CCc1ccccc1NC(=O)CN(C)CC(=O)Nc1ccccc1Oc1ccccc1. The second kappa shape index (κ2) is 10.9. The highest BCUT2D eigenvalue weighted by atomic mass is 16.5. The number of carbonyl (C=O) groups is 2. The average Bonchev–Trinajstić information content (AvgIpc) is 2.76. The third-order valence-electron chi connectivity index (χ3n) is 4.63. The lowest BCUT2D eigenvalue weighted by Gasteiger charge is -2.18. The summed E-state index contributed by atoms with van der Waals surface area (Å²) in [7, 11) is 1.73. The molecule has 0 aromatic heterocycles. The first-order valence-electron chi connectivity index (χ1n) is 10.2. The van der Waals surface area contributed by atoms with Crippen molar-refractivity contribution in [2.24, 2.45) is 0 Å². The molecular formula is C25H27N3O3. The molecule has 0 atom stereocenters. The van der Waals surface area contributed by atoms with Gasteiger partial charge >= 0.3 is 0 Å². The average molecular weight is 418 g/mol. The molecule has 0 aliphatic heterocycles. The number of benzene rings is 3. The summed E-state index contributed by atoms with van der Waals surface area (Å²) in [4.78, 5) is 26.6. The van der Waals surface area contributed by atoms with Crippen LogP contribution in [-0.4, -0.2) is 36.9 Å². The Kier molecular flexibility index (Phi) is 7.79. The Hall–Kier alpha value is -3.64. The molecule has 160 valence electrons. The molecule has 0 aliphatic rings. The van der Waals surface area contributed by atoms with E-state index in [4.69, 9.17) is 4.74 Å². The Bertz CT molecular complexity index is 1020. The Labute approximate surface area is 182 Å². The fraction of sp³-hybridized carbons (Fsp3) is 0.200. The van der Waals surface area contributed by atoms with E-state index in [0.717, 1.165) is 17.7 Å². The number of amides is 2. The fourth-order valence-corrected chi connectivity index (χ4v) is 3.15. The van der Waals surface area contributed by atoms with Gasteiger partial charge in [0.15, 0.2) is 5.75 Å². The molecule has 6 nitrogen and oxygen atoms in total. The number of rotatable bonds is 9. The highest BCUT2D eigenvalue weighted by Crippen LogP contribution is 2.29. The maximum Gasteiger partial charge on any atom is 0.238 e. The van der Waals surface area contributed by atoms with Crippen molar-refractivity contribution < 1.29 is 14.3 Å². The lowest BCUT2D eigenvalue weighted by Crippen LogP contribution is -2.36. The molecule has 31 heavy (non-hydrogen) atoms. The maximum atomic E-state index is 12.5. The van der Waals surface area contributed by atoms with Gasteiger partial charge in [-0.15, -0.1) is 0 Å². The van der Waals surface area contributed by atoms with E-state index in [0.29, 0.717) is 17.2 Å². The Morgan fingerprint density at radius 3 is 2.00 bits per heavy atom. The lowest BCUT2D eigenvalue weighted by molar-refractivity contribution is -0.119. The van der Waals surface area contributed by atoms with Crippen molar-refractivity contribution in [3.8, 4) is 11.5 Å². The van der Waals surface area contributed by atoms with Crippen LogP contribution in [0.5, 0.6) is 11.5 Å². The summed E-state index contributed by atoms with van der Waals surface area (Å²) in [6, 6.07) is 24.3. The third kappa shape index (κ3) is 6.69. The minimum Gasteiger partial charge on any atom is -0.455 e. The van der Waals surface area contributed by atoms with Crippen molar-refractivity contribution in [2.75, 3.05) is 30.8 Å². The standard InChI is InChI=1S/C25H27N3O3/c1-3-19-11-7-8-14-21(19)26-24(29)17-28(2)18-25(30)27-22-15-9-10-16-23(22)31-20-12-5-4-6-13-20/h4-16H,3,17-18H2,1-2H3,(H,26,29)(H,27,30). The second-order valence-corrected chi connectivity index (χ2v) is 7.19. The number of nitrogens with one attached hydrogen (secondary N) is 2. The molecule has 0 spiro atoms. The molecular weight excluding hydrogens is 390 g/mol. The van der Waals surface area contributed by atoms with Crippen molar-refractivity contribution in [3.63, 3.8) is 0 Å². The number of likely N-dealkylation sites (N-methyl/N-ethyl adjacent to an activating group) is 1. The molecule has 3 rings (SSSR count). The van der Waals surface area contributed by atoms with E-state index in [1.807, 2.05) is 73.7 Å². The van der Waals surface area contributed by atoms with Crippen LogP contribution in [0.2, 0.25) is 0 Å². The number of nitrogens with zero attached hydrogens (tertiary/aromatic N) is 1. The van der Waals surface area contributed by atoms with Crippen LogP contribution in [0.3, 0.4) is 0 Å². The Balaban J connectivity index is 1.54. The predicted octanol–water partition coefficient (Wildman–Crippen LogP) is 4.55. The second-order valence-electron chi connectivity index (χ2n) is 7.19. The van der Waals surface area contributed by atoms with Crippen LogP contribution in [0.15, 0.2) is 78.9 Å². The summed E-state index contributed by atoms with van der Waals surface area (Å²) in [6.45, 7) is 2.22. The van der Waals surface area contributed by atoms with Gasteiger partial charge in [-0.2, -0.15) is 0 Å². The fourth-order valence-electron chi connectivity index (χ4n) is 3.15. The summed E-state index contributed by atoms with van der Waals surface area (Å²) in [6.07, 6.45) is 0.832. The number of para-hydroxylation sites is 4. The maximum absolute atomic E-state index is 12.5. The van der Waals surface area contributed by atoms with Crippen molar-refractivity contribution in [1.82, 2.24) is 4.90 Å². The van der Waals surface area contributed by atoms with Crippen LogP contribution in [0.4, 0.5) is 11.4 Å². The van der Waals surface area contributed by atoms with Crippen molar-refractivity contribution >= 4 is 23.2 Å². The molecule has 0 heterocycles. The van der Waals surface area contributed by atoms with Crippen LogP contribution in [0.1, 0.15) is 12.5 Å². The summed E-state index contributed by atoms with van der Waals surface area (Å²) >= 11 is 0. The molecule has 3 aromatic carbocycles. The highest BCUT2D eigenvalue weighted by Gasteiger charge is 2.14. The first-order valence-corrected chi connectivity index (χ1v) is 10.2. The molecule has 0 unspecified atom stereocenters. The summed E-state index contributed by atoms with van der Waals surface area (Å²) in [5.41, 5.74) is 2.46. The molecule has 0 aliphatic carbocycles. The number of carbonyl (C=O) groups excluding carboxylic acids is 2. The quantitative estimate of drug-likeness (QED) is 0.536. The lowest BCUT2D eigenvalue weighted by atomic mass is 10.1.